The summed E-state index contributed by atoms with van der Waals surface area (Å²) in [4.78, 5) is 5.17. The maximum atomic E-state index is 6.57. The predicted molar refractivity (Wildman–Crippen MR) is 83.4 cm³/mol. The van der Waals surface area contributed by atoms with Crippen LogP contribution in [0.25, 0.3) is 0 Å². The molecule has 1 aromatic rings. The van der Waals surface area contributed by atoms with Crippen molar-refractivity contribution in [3.8, 4) is 5.75 Å². The van der Waals surface area contributed by atoms with E-state index < -0.39 is 0 Å². The van der Waals surface area contributed by atoms with Gasteiger partial charge in [0.2, 0.25) is 0 Å². The first-order valence-corrected chi connectivity index (χ1v) is 8.17. The molecule has 2 bridgehead atoms. The highest BCUT2D eigenvalue weighted by atomic mass is 16.5. The molecule has 3 aliphatic heterocycles. The van der Waals surface area contributed by atoms with Crippen molar-refractivity contribution >= 4 is 0 Å². The zero-order valence-electron chi connectivity index (χ0n) is 12.7. The van der Waals surface area contributed by atoms with Crippen molar-refractivity contribution in [2.45, 2.75) is 43.4 Å². The molecule has 3 aliphatic rings. The summed E-state index contributed by atoms with van der Waals surface area (Å²) in [6.07, 6.45) is 3.96. The summed E-state index contributed by atoms with van der Waals surface area (Å²) in [6.45, 7) is 3.01. The molecule has 2 fully saturated rings. The van der Waals surface area contributed by atoms with Crippen LogP contribution in [-0.2, 0) is 0 Å². The summed E-state index contributed by atoms with van der Waals surface area (Å²) in [6, 6.07) is 10.1. The summed E-state index contributed by atoms with van der Waals surface area (Å²) in [5, 5.41) is 0. The molecule has 0 spiro atoms. The third-order valence-corrected chi connectivity index (χ3v) is 5.75. The van der Waals surface area contributed by atoms with Crippen molar-refractivity contribution in [1.29, 1.82) is 0 Å². The van der Waals surface area contributed by atoms with Gasteiger partial charge in [0.25, 0.3) is 0 Å². The number of rotatable bonds is 1. The Kier molecular flexibility index (Phi) is 3.40. The van der Waals surface area contributed by atoms with E-state index in [0.717, 1.165) is 37.1 Å². The molecule has 3 heterocycles. The summed E-state index contributed by atoms with van der Waals surface area (Å²) >= 11 is 0. The minimum absolute atomic E-state index is 0.0666. The molecular formula is C17H25N3O. The average molecular weight is 287 g/mol. The minimum atomic E-state index is 0.0666. The Labute approximate surface area is 126 Å². The average Bonchev–Trinajstić information content (AvgIpc) is 2.74. The maximum Gasteiger partial charge on any atom is 0.124 e. The SMILES string of the molecule is CN1C2CCC1CN(C1COc3ccccc3C1N)CC2. The van der Waals surface area contributed by atoms with Crippen LogP contribution < -0.4 is 10.5 Å². The molecule has 2 N–H and O–H groups in total. The molecule has 4 nitrogen and oxygen atoms in total. The standard InChI is InChI=1S/C17H25N3O/c1-19-12-6-7-13(19)10-20(9-8-12)15-11-21-16-5-3-2-4-14(16)17(15)18/h2-5,12-13,15,17H,6-11,18H2,1H3. The molecule has 0 saturated carbocycles. The lowest BCUT2D eigenvalue weighted by atomic mass is 9.95. The second-order valence-corrected chi connectivity index (χ2v) is 6.78. The normalized spacial score (nSPS) is 36.9. The van der Waals surface area contributed by atoms with Gasteiger partial charge in [-0.2, -0.15) is 0 Å². The molecule has 4 atom stereocenters. The van der Waals surface area contributed by atoms with E-state index in [2.05, 4.69) is 29.0 Å². The summed E-state index contributed by atoms with van der Waals surface area (Å²) < 4.78 is 5.97. The van der Waals surface area contributed by atoms with Crippen LogP contribution in [0.1, 0.15) is 30.9 Å². The van der Waals surface area contributed by atoms with Crippen LogP contribution in [0, 0.1) is 0 Å². The Morgan fingerprint density at radius 1 is 1.14 bits per heavy atom. The Morgan fingerprint density at radius 2 is 1.95 bits per heavy atom. The Morgan fingerprint density at radius 3 is 2.86 bits per heavy atom. The summed E-state index contributed by atoms with van der Waals surface area (Å²) in [7, 11) is 2.29. The van der Waals surface area contributed by atoms with Gasteiger partial charge in [0.1, 0.15) is 12.4 Å². The molecule has 4 rings (SSSR count). The van der Waals surface area contributed by atoms with E-state index in [9.17, 15) is 0 Å². The minimum Gasteiger partial charge on any atom is -0.492 e. The number of likely N-dealkylation sites (tertiary alicyclic amines) is 1. The van der Waals surface area contributed by atoms with Gasteiger partial charge < -0.3 is 10.5 Å². The van der Waals surface area contributed by atoms with Gasteiger partial charge in [-0.05, 0) is 32.4 Å². The highest BCUT2D eigenvalue weighted by Gasteiger charge is 2.39. The number of ether oxygens (including phenoxy) is 1. The van der Waals surface area contributed by atoms with E-state index in [1.165, 1.54) is 19.3 Å². The van der Waals surface area contributed by atoms with E-state index >= 15 is 0 Å². The predicted octanol–water partition coefficient (Wildman–Crippen LogP) is 1.62. The van der Waals surface area contributed by atoms with Gasteiger partial charge in [-0.1, -0.05) is 18.2 Å². The third kappa shape index (κ3) is 2.26. The fraction of sp³-hybridized carbons (Fsp3) is 0.647. The number of hydrogen-bond donors (Lipinski definition) is 1. The highest BCUT2D eigenvalue weighted by molar-refractivity contribution is 5.38. The Bertz CT molecular complexity index is 521. The molecule has 1 aromatic carbocycles. The largest absolute Gasteiger partial charge is 0.492 e. The Hall–Kier alpha value is -1.10. The first-order valence-electron chi connectivity index (χ1n) is 8.17. The fourth-order valence-electron chi connectivity index (χ4n) is 4.34. The molecule has 0 amide bonds. The van der Waals surface area contributed by atoms with Crippen LogP contribution in [0.2, 0.25) is 0 Å². The quantitative estimate of drug-likeness (QED) is 0.852. The number of nitrogens with zero attached hydrogens (tertiary/aromatic N) is 2. The smallest absolute Gasteiger partial charge is 0.124 e. The Balaban J connectivity index is 1.55. The van der Waals surface area contributed by atoms with Gasteiger partial charge in [0.15, 0.2) is 0 Å². The van der Waals surface area contributed by atoms with E-state index in [4.69, 9.17) is 10.5 Å². The maximum absolute atomic E-state index is 6.57. The fourth-order valence-corrected chi connectivity index (χ4v) is 4.34. The van der Waals surface area contributed by atoms with Crippen LogP contribution in [0.15, 0.2) is 24.3 Å². The van der Waals surface area contributed by atoms with Gasteiger partial charge in [-0.15, -0.1) is 0 Å². The lowest BCUT2D eigenvalue weighted by Gasteiger charge is -2.39. The van der Waals surface area contributed by atoms with Crippen molar-refractivity contribution in [1.82, 2.24) is 9.80 Å². The van der Waals surface area contributed by atoms with Gasteiger partial charge in [0.05, 0.1) is 12.1 Å². The molecule has 2 saturated heterocycles. The van der Waals surface area contributed by atoms with Crippen LogP contribution in [0.4, 0.5) is 0 Å². The molecular weight excluding hydrogens is 262 g/mol. The zero-order chi connectivity index (χ0) is 14.4. The number of hydrogen-bond acceptors (Lipinski definition) is 4. The monoisotopic (exact) mass is 287 g/mol. The van der Waals surface area contributed by atoms with Crippen molar-refractivity contribution in [2.24, 2.45) is 5.73 Å². The lowest BCUT2D eigenvalue weighted by molar-refractivity contribution is 0.0890. The molecule has 0 aromatic heterocycles. The molecule has 0 radical (unpaired) electrons. The van der Waals surface area contributed by atoms with E-state index in [0.29, 0.717) is 12.1 Å². The molecule has 4 unspecified atom stereocenters. The number of benzene rings is 1. The molecule has 4 heteroatoms. The van der Waals surface area contributed by atoms with Gasteiger partial charge in [0, 0.05) is 30.7 Å². The number of nitrogens with two attached hydrogens (primary N) is 1. The number of para-hydroxylation sites is 1. The van der Waals surface area contributed by atoms with E-state index in [1.54, 1.807) is 0 Å². The lowest BCUT2D eigenvalue weighted by Crippen LogP contribution is -2.51. The van der Waals surface area contributed by atoms with Gasteiger partial charge in [-0.3, -0.25) is 9.80 Å². The van der Waals surface area contributed by atoms with Gasteiger partial charge in [-0.25, -0.2) is 0 Å². The first-order chi connectivity index (χ1) is 10.2. The van der Waals surface area contributed by atoms with Crippen LogP contribution >= 0.6 is 0 Å². The number of likely N-dealkylation sites (N-methyl/N-ethyl adjacent to an activating group) is 1. The molecule has 114 valence electrons. The number of fused-ring (bicyclic) bond motifs is 3. The summed E-state index contributed by atoms with van der Waals surface area (Å²) in [5.41, 5.74) is 7.73. The van der Waals surface area contributed by atoms with Crippen molar-refractivity contribution < 1.29 is 4.74 Å². The van der Waals surface area contributed by atoms with Crippen molar-refractivity contribution in [3.05, 3.63) is 29.8 Å². The van der Waals surface area contributed by atoms with E-state index in [-0.39, 0.29) is 6.04 Å². The van der Waals surface area contributed by atoms with Crippen LogP contribution in [-0.4, -0.2) is 54.7 Å². The molecule has 0 aliphatic carbocycles. The van der Waals surface area contributed by atoms with Crippen molar-refractivity contribution in [3.63, 3.8) is 0 Å². The first kappa shape index (κ1) is 13.6. The van der Waals surface area contributed by atoms with E-state index in [1.807, 2.05) is 12.1 Å². The molecule has 21 heavy (non-hydrogen) atoms. The summed E-state index contributed by atoms with van der Waals surface area (Å²) in [5.74, 6) is 0.967. The van der Waals surface area contributed by atoms with Crippen LogP contribution in [0.3, 0.4) is 0 Å². The van der Waals surface area contributed by atoms with Crippen LogP contribution in [0.5, 0.6) is 5.75 Å². The second-order valence-electron chi connectivity index (χ2n) is 6.78. The van der Waals surface area contributed by atoms with Crippen molar-refractivity contribution in [2.75, 3.05) is 26.7 Å². The van der Waals surface area contributed by atoms with Gasteiger partial charge >= 0.3 is 0 Å². The third-order valence-electron chi connectivity index (χ3n) is 5.75. The second kappa shape index (κ2) is 5.27. The topological polar surface area (TPSA) is 41.7 Å². The highest BCUT2D eigenvalue weighted by Crippen LogP contribution is 2.35. The zero-order valence-corrected chi connectivity index (χ0v) is 12.7.